The molecule has 4 aromatic rings. The number of nitrogens with one attached hydrogen (secondary N) is 2. The lowest BCUT2D eigenvalue weighted by Crippen LogP contribution is -2.13. The highest BCUT2D eigenvalue weighted by atomic mass is 19.4. The third-order valence-electron chi connectivity index (χ3n) is 6.32. The Bertz CT molecular complexity index is 1530. The summed E-state index contributed by atoms with van der Waals surface area (Å²) in [5.41, 5.74) is 8.82. The molecule has 0 spiro atoms. The van der Waals surface area contributed by atoms with Gasteiger partial charge in [0.2, 0.25) is 0 Å². The van der Waals surface area contributed by atoms with Crippen LogP contribution in [0.4, 0.5) is 24.7 Å². The average molecular weight is 598 g/mol. The lowest BCUT2D eigenvalue weighted by molar-refractivity contribution is -0.137. The van der Waals surface area contributed by atoms with Crippen molar-refractivity contribution in [1.82, 2.24) is 15.3 Å². The molecule has 0 fully saturated rings. The molecule has 1 heterocycles. The Balaban J connectivity index is 1.46. The standard InChI is InChI=1S/C31H34F3N5O4/c1-40-11-13-42-28-17-25-27(18-29(28)43-14-12-41-2)37-20-38-30(25)39-24-8-4-6-22(16-24)26(35)19-36-10-9-21-5-3-7-23(15-21)31(32,33)34/h3-8,15-20,36H,9-14,35H2,1-2H3,(H,37,38,39)/b26-19-. The van der Waals surface area contributed by atoms with E-state index >= 15 is 0 Å². The van der Waals surface area contributed by atoms with E-state index in [9.17, 15) is 13.2 Å². The smallest absolute Gasteiger partial charge is 0.416 e. The van der Waals surface area contributed by atoms with Crippen LogP contribution in [0, 0.1) is 0 Å². The molecule has 0 aliphatic rings. The number of halogens is 3. The summed E-state index contributed by atoms with van der Waals surface area (Å²) >= 11 is 0. The number of rotatable bonds is 15. The summed E-state index contributed by atoms with van der Waals surface area (Å²) in [6, 6.07) is 16.4. The molecule has 9 nitrogen and oxygen atoms in total. The van der Waals surface area contributed by atoms with Crippen molar-refractivity contribution >= 4 is 28.1 Å². The van der Waals surface area contributed by atoms with Crippen molar-refractivity contribution in [2.75, 3.05) is 52.5 Å². The zero-order valence-electron chi connectivity index (χ0n) is 23.9. The largest absolute Gasteiger partial charge is 0.487 e. The van der Waals surface area contributed by atoms with Gasteiger partial charge in [0.15, 0.2) is 11.5 Å². The Hall–Kier alpha value is -4.55. The minimum absolute atomic E-state index is 0.334. The average Bonchev–Trinajstić information content (AvgIpc) is 3.00. The maximum Gasteiger partial charge on any atom is 0.416 e. The summed E-state index contributed by atoms with van der Waals surface area (Å²) in [7, 11) is 3.20. The van der Waals surface area contributed by atoms with Crippen molar-refractivity contribution < 1.29 is 32.1 Å². The molecule has 0 radical (unpaired) electrons. The predicted molar refractivity (Wildman–Crippen MR) is 159 cm³/mol. The van der Waals surface area contributed by atoms with Crippen molar-refractivity contribution in [3.05, 3.63) is 89.9 Å². The Morgan fingerprint density at radius 1 is 0.884 bits per heavy atom. The molecule has 0 unspecified atom stereocenters. The van der Waals surface area contributed by atoms with Crippen LogP contribution in [0.5, 0.6) is 11.5 Å². The first-order chi connectivity index (χ1) is 20.8. The molecule has 12 heteroatoms. The molecule has 1 aromatic heterocycles. The molecule has 0 aliphatic carbocycles. The second-order valence-electron chi connectivity index (χ2n) is 9.43. The second kappa shape index (κ2) is 15.1. The third-order valence-corrected chi connectivity index (χ3v) is 6.32. The van der Waals surface area contributed by atoms with E-state index < -0.39 is 11.7 Å². The number of hydrogen-bond acceptors (Lipinski definition) is 9. The molecule has 0 atom stereocenters. The van der Waals surface area contributed by atoms with E-state index in [1.54, 1.807) is 32.6 Å². The Morgan fingerprint density at radius 2 is 1.60 bits per heavy atom. The zero-order chi connectivity index (χ0) is 30.7. The maximum absolute atomic E-state index is 13.0. The normalized spacial score (nSPS) is 11.9. The topological polar surface area (TPSA) is 113 Å². The number of fused-ring (bicyclic) bond motifs is 1. The van der Waals surface area contributed by atoms with E-state index in [4.69, 9.17) is 24.7 Å². The summed E-state index contributed by atoms with van der Waals surface area (Å²) in [6.45, 7) is 1.93. The molecule has 0 saturated carbocycles. The van der Waals surface area contributed by atoms with Crippen LogP contribution in [0.1, 0.15) is 16.7 Å². The lowest BCUT2D eigenvalue weighted by Gasteiger charge is -2.15. The van der Waals surface area contributed by atoms with Crippen molar-refractivity contribution in [1.29, 1.82) is 0 Å². The number of ether oxygens (including phenoxy) is 4. The molecular weight excluding hydrogens is 563 g/mol. The first-order valence-corrected chi connectivity index (χ1v) is 13.5. The summed E-state index contributed by atoms with van der Waals surface area (Å²) < 4.78 is 60.9. The van der Waals surface area contributed by atoms with Gasteiger partial charge in [-0.1, -0.05) is 30.3 Å². The summed E-state index contributed by atoms with van der Waals surface area (Å²) in [6.07, 6.45) is -0.859. The third kappa shape index (κ3) is 8.97. The van der Waals surface area contributed by atoms with E-state index in [1.807, 2.05) is 30.3 Å². The van der Waals surface area contributed by atoms with Gasteiger partial charge in [-0.25, -0.2) is 9.97 Å². The van der Waals surface area contributed by atoms with Gasteiger partial charge in [0.1, 0.15) is 25.4 Å². The Morgan fingerprint density at radius 3 is 2.33 bits per heavy atom. The molecule has 0 aliphatic heterocycles. The van der Waals surface area contributed by atoms with Crippen LogP contribution in [0.3, 0.4) is 0 Å². The Labute approximate surface area is 247 Å². The molecule has 0 amide bonds. The van der Waals surface area contributed by atoms with Gasteiger partial charge in [-0.2, -0.15) is 13.2 Å². The lowest BCUT2D eigenvalue weighted by atomic mass is 10.1. The number of hydrogen-bond donors (Lipinski definition) is 3. The van der Waals surface area contributed by atoms with E-state index in [0.29, 0.717) is 73.5 Å². The molecule has 43 heavy (non-hydrogen) atoms. The molecule has 3 aromatic carbocycles. The molecule has 0 bridgehead atoms. The molecule has 4 rings (SSSR count). The molecular formula is C31H34F3N5O4. The van der Waals surface area contributed by atoms with E-state index in [1.165, 1.54) is 12.4 Å². The predicted octanol–water partition coefficient (Wildman–Crippen LogP) is 5.53. The van der Waals surface area contributed by atoms with Crippen LogP contribution in [-0.2, 0) is 22.1 Å². The summed E-state index contributed by atoms with van der Waals surface area (Å²) in [5, 5.41) is 7.13. The first-order valence-electron chi connectivity index (χ1n) is 13.5. The van der Waals surface area contributed by atoms with Gasteiger partial charge in [-0.15, -0.1) is 0 Å². The minimum Gasteiger partial charge on any atom is -0.487 e. The van der Waals surface area contributed by atoms with E-state index in [0.717, 1.165) is 28.8 Å². The van der Waals surface area contributed by atoms with Crippen molar-refractivity contribution in [3.8, 4) is 11.5 Å². The SMILES string of the molecule is COCCOc1cc2ncnc(Nc3cccc(/C(N)=C/NCCc4cccc(C(F)(F)F)c4)c3)c2cc1OCCOC. The van der Waals surface area contributed by atoms with Crippen molar-refractivity contribution in [2.45, 2.75) is 12.6 Å². The number of nitrogens with two attached hydrogens (primary N) is 1. The number of anilines is 2. The quantitative estimate of drug-likeness (QED) is 0.152. The van der Waals surface area contributed by atoms with Gasteiger partial charge in [0.05, 0.1) is 30.0 Å². The highest BCUT2D eigenvalue weighted by molar-refractivity contribution is 5.93. The van der Waals surface area contributed by atoms with Gasteiger partial charge >= 0.3 is 6.18 Å². The van der Waals surface area contributed by atoms with Gasteiger partial charge in [0, 0.05) is 49.7 Å². The Kier molecular flexibility index (Phi) is 11.0. The number of methoxy groups -OCH3 is 2. The fourth-order valence-corrected chi connectivity index (χ4v) is 4.16. The fraction of sp³-hybridized carbons (Fsp3) is 0.290. The zero-order valence-corrected chi connectivity index (χ0v) is 23.9. The fourth-order valence-electron chi connectivity index (χ4n) is 4.16. The molecule has 0 saturated heterocycles. The number of nitrogens with zero attached hydrogens (tertiary/aromatic N) is 2. The molecule has 4 N–H and O–H groups in total. The summed E-state index contributed by atoms with van der Waals surface area (Å²) in [4.78, 5) is 8.84. The van der Waals surface area contributed by atoms with Crippen molar-refractivity contribution in [3.63, 3.8) is 0 Å². The minimum atomic E-state index is -4.37. The maximum atomic E-state index is 13.0. The van der Waals surface area contributed by atoms with Crippen LogP contribution >= 0.6 is 0 Å². The van der Waals surface area contributed by atoms with Crippen LogP contribution in [-0.4, -0.2) is 57.2 Å². The van der Waals surface area contributed by atoms with Crippen LogP contribution < -0.4 is 25.8 Å². The number of alkyl halides is 3. The van der Waals surface area contributed by atoms with Gasteiger partial charge in [-0.05, 0) is 36.2 Å². The van der Waals surface area contributed by atoms with E-state index in [-0.39, 0.29) is 0 Å². The van der Waals surface area contributed by atoms with Gasteiger partial charge in [0.25, 0.3) is 0 Å². The van der Waals surface area contributed by atoms with E-state index in [2.05, 4.69) is 20.6 Å². The van der Waals surface area contributed by atoms with Crippen molar-refractivity contribution in [2.24, 2.45) is 5.73 Å². The van der Waals surface area contributed by atoms with Crippen LogP contribution in [0.2, 0.25) is 0 Å². The molecule has 228 valence electrons. The van der Waals surface area contributed by atoms with Crippen LogP contribution in [0.25, 0.3) is 16.6 Å². The first kappa shape index (κ1) is 31.4. The van der Waals surface area contributed by atoms with Gasteiger partial charge in [-0.3, -0.25) is 0 Å². The van der Waals surface area contributed by atoms with Crippen LogP contribution in [0.15, 0.2) is 73.2 Å². The number of aromatic nitrogens is 2. The summed E-state index contributed by atoms with van der Waals surface area (Å²) in [5.74, 6) is 1.62. The van der Waals surface area contributed by atoms with Gasteiger partial charge < -0.3 is 35.3 Å². The monoisotopic (exact) mass is 597 g/mol. The highest BCUT2D eigenvalue weighted by Crippen LogP contribution is 2.35. The number of benzene rings is 3. The second-order valence-corrected chi connectivity index (χ2v) is 9.43. The highest BCUT2D eigenvalue weighted by Gasteiger charge is 2.30.